The van der Waals surface area contributed by atoms with Crippen LogP contribution in [0.4, 0.5) is 10.1 Å². The van der Waals surface area contributed by atoms with E-state index in [1.165, 1.54) is 6.07 Å². The van der Waals surface area contributed by atoms with Crippen LogP contribution in [-0.4, -0.2) is 24.2 Å². The molecule has 2 heterocycles. The molecule has 0 spiro atoms. The van der Waals surface area contributed by atoms with E-state index in [4.69, 9.17) is 0 Å². The first kappa shape index (κ1) is 11.4. The van der Waals surface area contributed by atoms with Crippen molar-refractivity contribution in [1.82, 2.24) is 0 Å². The predicted octanol–water partition coefficient (Wildman–Crippen LogP) is 2.34. The Balaban J connectivity index is 2.04. The van der Waals surface area contributed by atoms with Crippen molar-refractivity contribution in [2.75, 3.05) is 4.90 Å². The van der Waals surface area contributed by atoms with Crippen LogP contribution in [0.1, 0.15) is 36.0 Å². The average Bonchev–Trinajstić information content (AvgIpc) is 2.61. The smallest absolute Gasteiger partial charge is 0.155 e. The lowest BCUT2D eigenvalue weighted by atomic mass is 9.99. The van der Waals surface area contributed by atoms with Crippen LogP contribution in [0.5, 0.6) is 0 Å². The Morgan fingerprint density at radius 3 is 2.50 bits per heavy atom. The number of Topliss-reactive ketones (excluding diaryl/α,β-unsaturated/α-hetero) is 1. The van der Waals surface area contributed by atoms with Gasteiger partial charge in [0.2, 0.25) is 0 Å². The second kappa shape index (κ2) is 4.19. The number of halogens is 1. The molecule has 1 aromatic rings. The molecule has 0 amide bonds. The number of piperidine rings is 1. The van der Waals surface area contributed by atoms with Crippen molar-refractivity contribution in [3.63, 3.8) is 0 Å². The van der Waals surface area contributed by atoms with Gasteiger partial charge in [-0.05, 0) is 25.0 Å². The highest BCUT2D eigenvalue weighted by atomic mass is 19.1. The molecule has 18 heavy (non-hydrogen) atoms. The number of anilines is 1. The number of ketones is 1. The molecule has 0 saturated carbocycles. The summed E-state index contributed by atoms with van der Waals surface area (Å²) >= 11 is 0. The summed E-state index contributed by atoms with van der Waals surface area (Å²) in [5.41, 5.74) is 0.758. The Morgan fingerprint density at radius 1 is 1.22 bits per heavy atom. The zero-order chi connectivity index (χ0) is 12.7. The van der Waals surface area contributed by atoms with Gasteiger partial charge in [-0.2, -0.15) is 0 Å². The summed E-state index contributed by atoms with van der Waals surface area (Å²) in [6.45, 7) is 0. The third-order valence-electron chi connectivity index (χ3n) is 3.97. The topological polar surface area (TPSA) is 37.4 Å². The van der Waals surface area contributed by atoms with Gasteiger partial charge in [0.25, 0.3) is 0 Å². The van der Waals surface area contributed by atoms with Gasteiger partial charge >= 0.3 is 0 Å². The van der Waals surface area contributed by atoms with Crippen molar-refractivity contribution in [2.24, 2.45) is 0 Å². The van der Waals surface area contributed by atoms with Gasteiger partial charge in [0.1, 0.15) is 11.6 Å². The molecule has 2 aliphatic rings. The number of aldehydes is 1. The van der Waals surface area contributed by atoms with Crippen molar-refractivity contribution in [2.45, 2.75) is 37.8 Å². The molecule has 0 N–H and O–H groups in total. The molecule has 2 bridgehead atoms. The van der Waals surface area contributed by atoms with E-state index in [9.17, 15) is 14.0 Å². The highest BCUT2D eigenvalue weighted by molar-refractivity contribution is 5.88. The van der Waals surface area contributed by atoms with Gasteiger partial charge in [-0.15, -0.1) is 0 Å². The maximum Gasteiger partial charge on any atom is 0.155 e. The van der Waals surface area contributed by atoms with Crippen LogP contribution in [0.25, 0.3) is 0 Å². The van der Waals surface area contributed by atoms with Crippen LogP contribution >= 0.6 is 0 Å². The van der Waals surface area contributed by atoms with Crippen molar-refractivity contribution in [3.05, 3.63) is 29.6 Å². The minimum atomic E-state index is -0.487. The van der Waals surface area contributed by atoms with E-state index in [-0.39, 0.29) is 23.4 Å². The minimum Gasteiger partial charge on any atom is -0.364 e. The van der Waals surface area contributed by atoms with E-state index in [0.717, 1.165) is 12.8 Å². The molecule has 1 aromatic carbocycles. The molecule has 0 radical (unpaired) electrons. The molecule has 2 unspecified atom stereocenters. The Hall–Kier alpha value is -1.71. The number of carbonyl (C=O) groups is 2. The van der Waals surface area contributed by atoms with Crippen LogP contribution in [0.2, 0.25) is 0 Å². The summed E-state index contributed by atoms with van der Waals surface area (Å²) in [4.78, 5) is 24.7. The highest BCUT2D eigenvalue weighted by Crippen LogP contribution is 2.39. The zero-order valence-electron chi connectivity index (χ0n) is 9.93. The molecule has 2 atom stereocenters. The lowest BCUT2D eigenvalue weighted by Crippen LogP contribution is -2.43. The lowest BCUT2D eigenvalue weighted by Gasteiger charge is -2.36. The third-order valence-corrected chi connectivity index (χ3v) is 3.97. The predicted molar refractivity (Wildman–Crippen MR) is 65.3 cm³/mol. The van der Waals surface area contributed by atoms with Gasteiger partial charge in [-0.25, -0.2) is 4.39 Å². The molecular weight excluding hydrogens is 233 g/mol. The van der Waals surface area contributed by atoms with Crippen LogP contribution in [-0.2, 0) is 4.79 Å². The fraction of sp³-hybridized carbons (Fsp3) is 0.429. The lowest BCUT2D eigenvalue weighted by molar-refractivity contribution is -0.120. The van der Waals surface area contributed by atoms with E-state index >= 15 is 0 Å². The van der Waals surface area contributed by atoms with Gasteiger partial charge in [0.15, 0.2) is 6.29 Å². The fourth-order valence-corrected chi connectivity index (χ4v) is 3.23. The number of rotatable bonds is 2. The summed E-state index contributed by atoms with van der Waals surface area (Å²) in [7, 11) is 0. The maximum atomic E-state index is 13.6. The molecule has 0 aromatic heterocycles. The van der Waals surface area contributed by atoms with Crippen LogP contribution < -0.4 is 4.90 Å². The summed E-state index contributed by atoms with van der Waals surface area (Å²) in [5.74, 6) is -0.207. The number of fused-ring (bicyclic) bond motifs is 2. The second-order valence-corrected chi connectivity index (χ2v) is 5.03. The Morgan fingerprint density at radius 2 is 1.89 bits per heavy atom. The first-order chi connectivity index (χ1) is 8.70. The summed E-state index contributed by atoms with van der Waals surface area (Å²) < 4.78 is 13.6. The van der Waals surface area contributed by atoms with Gasteiger partial charge < -0.3 is 4.90 Å². The number of hydrogen-bond acceptors (Lipinski definition) is 3. The second-order valence-electron chi connectivity index (χ2n) is 5.03. The van der Waals surface area contributed by atoms with Crippen molar-refractivity contribution in [3.8, 4) is 0 Å². The van der Waals surface area contributed by atoms with E-state index in [2.05, 4.69) is 4.90 Å². The van der Waals surface area contributed by atoms with Crippen LogP contribution in [0, 0.1) is 5.82 Å². The SMILES string of the molecule is O=Cc1c(F)cccc1N1C2CCC1CC(=O)C2. The molecular formula is C14H14FNO2. The molecule has 4 heteroatoms. The van der Waals surface area contributed by atoms with Crippen LogP contribution in [0.15, 0.2) is 18.2 Å². The standard InChI is InChI=1S/C14H14FNO2/c15-13-2-1-3-14(12(13)8-17)16-9-4-5-10(16)7-11(18)6-9/h1-3,8-10H,4-7H2. The number of benzene rings is 1. The Kier molecular flexibility index (Phi) is 2.65. The Bertz CT molecular complexity index is 499. The summed E-state index contributed by atoms with van der Waals surface area (Å²) in [6.07, 6.45) is 3.51. The van der Waals surface area contributed by atoms with E-state index in [0.29, 0.717) is 24.8 Å². The third kappa shape index (κ3) is 1.64. The Labute approximate surface area is 105 Å². The van der Waals surface area contributed by atoms with Crippen LogP contribution in [0.3, 0.4) is 0 Å². The minimum absolute atomic E-state index is 0.115. The van der Waals surface area contributed by atoms with E-state index in [1.807, 2.05) is 0 Å². The first-order valence-electron chi connectivity index (χ1n) is 6.24. The quantitative estimate of drug-likeness (QED) is 0.753. The maximum absolute atomic E-state index is 13.6. The van der Waals surface area contributed by atoms with Gasteiger partial charge in [0, 0.05) is 24.9 Å². The highest BCUT2D eigenvalue weighted by Gasteiger charge is 2.41. The van der Waals surface area contributed by atoms with Crippen molar-refractivity contribution in [1.29, 1.82) is 0 Å². The molecule has 3 rings (SSSR count). The van der Waals surface area contributed by atoms with E-state index in [1.54, 1.807) is 12.1 Å². The average molecular weight is 247 g/mol. The number of nitrogens with zero attached hydrogens (tertiary/aromatic N) is 1. The monoisotopic (exact) mass is 247 g/mol. The zero-order valence-corrected chi connectivity index (χ0v) is 9.93. The normalized spacial score (nSPS) is 26.5. The van der Waals surface area contributed by atoms with E-state index < -0.39 is 5.82 Å². The molecule has 3 nitrogen and oxygen atoms in total. The largest absolute Gasteiger partial charge is 0.364 e. The summed E-state index contributed by atoms with van der Waals surface area (Å²) in [6, 6.07) is 4.96. The molecule has 2 fully saturated rings. The van der Waals surface area contributed by atoms with Gasteiger partial charge in [-0.1, -0.05) is 6.07 Å². The number of carbonyl (C=O) groups excluding carboxylic acids is 2. The fourth-order valence-electron chi connectivity index (χ4n) is 3.23. The van der Waals surface area contributed by atoms with Gasteiger partial charge in [-0.3, -0.25) is 9.59 Å². The molecule has 2 aliphatic heterocycles. The molecule has 94 valence electrons. The molecule has 2 saturated heterocycles. The summed E-state index contributed by atoms with van der Waals surface area (Å²) in [5, 5.41) is 0. The van der Waals surface area contributed by atoms with Gasteiger partial charge in [0.05, 0.1) is 11.3 Å². The molecule has 0 aliphatic carbocycles. The van der Waals surface area contributed by atoms with Crippen molar-refractivity contribution >= 4 is 17.8 Å². The number of hydrogen-bond donors (Lipinski definition) is 0. The first-order valence-corrected chi connectivity index (χ1v) is 6.24. The van der Waals surface area contributed by atoms with Crippen molar-refractivity contribution < 1.29 is 14.0 Å².